The monoisotopic (exact) mass is 370 g/mol. The highest BCUT2D eigenvalue weighted by Gasteiger charge is 2.28. The number of rotatable bonds is 5. The summed E-state index contributed by atoms with van der Waals surface area (Å²) in [6, 6.07) is 6.03. The number of esters is 1. The largest absolute Gasteiger partial charge is 0.451 e. The Morgan fingerprint density at radius 1 is 1.30 bits per heavy atom. The molecule has 0 unspecified atom stereocenters. The molecule has 2 aromatic heterocycles. The van der Waals surface area contributed by atoms with Crippen molar-refractivity contribution in [2.45, 2.75) is 45.6 Å². The summed E-state index contributed by atoms with van der Waals surface area (Å²) in [4.78, 5) is 16.8. The van der Waals surface area contributed by atoms with Gasteiger partial charge in [-0.1, -0.05) is 19.0 Å². The first-order valence-corrected chi connectivity index (χ1v) is 8.89. The third-order valence-corrected chi connectivity index (χ3v) is 4.52. The molecular formula is C19H19FN4O3. The molecule has 0 amide bonds. The third-order valence-electron chi connectivity index (χ3n) is 4.52. The van der Waals surface area contributed by atoms with Gasteiger partial charge in [0.25, 0.3) is 5.89 Å². The normalized spacial score (nSPS) is 13.2. The van der Waals surface area contributed by atoms with Crippen LogP contribution < -0.4 is 0 Å². The molecular weight excluding hydrogens is 351 g/mol. The summed E-state index contributed by atoms with van der Waals surface area (Å²) in [7, 11) is 0. The lowest BCUT2D eigenvalue weighted by Gasteiger charge is -2.05. The average molecular weight is 370 g/mol. The second-order valence-electron chi connectivity index (χ2n) is 6.79. The number of benzene rings is 1. The van der Waals surface area contributed by atoms with Gasteiger partial charge in [-0.2, -0.15) is 10.1 Å². The third kappa shape index (κ3) is 3.34. The molecule has 0 radical (unpaired) electrons. The molecule has 1 aromatic carbocycles. The van der Waals surface area contributed by atoms with Gasteiger partial charge in [0.05, 0.1) is 5.69 Å². The molecule has 0 spiro atoms. The van der Waals surface area contributed by atoms with E-state index in [1.54, 1.807) is 16.8 Å². The van der Waals surface area contributed by atoms with E-state index in [0.717, 1.165) is 30.5 Å². The average Bonchev–Trinajstić information content (AvgIpc) is 3.36. The van der Waals surface area contributed by atoms with Crippen molar-refractivity contribution in [2.24, 2.45) is 0 Å². The number of carbonyl (C=O) groups is 1. The highest BCUT2D eigenvalue weighted by Crippen LogP contribution is 2.28. The lowest BCUT2D eigenvalue weighted by Crippen LogP contribution is -2.09. The molecule has 0 fully saturated rings. The van der Waals surface area contributed by atoms with Crippen LogP contribution in [0.15, 0.2) is 28.8 Å². The van der Waals surface area contributed by atoms with Crippen molar-refractivity contribution in [2.75, 3.05) is 0 Å². The van der Waals surface area contributed by atoms with Crippen LogP contribution in [0.5, 0.6) is 0 Å². The highest BCUT2D eigenvalue weighted by molar-refractivity contribution is 5.89. The minimum absolute atomic E-state index is 0.100. The molecule has 1 aliphatic rings. The topological polar surface area (TPSA) is 83.0 Å². The molecule has 8 heteroatoms. The van der Waals surface area contributed by atoms with Crippen LogP contribution in [0.1, 0.15) is 59.6 Å². The molecule has 0 atom stereocenters. The van der Waals surface area contributed by atoms with Crippen LogP contribution in [0, 0.1) is 5.82 Å². The van der Waals surface area contributed by atoms with Crippen LogP contribution in [-0.2, 0) is 24.2 Å². The van der Waals surface area contributed by atoms with Crippen molar-refractivity contribution >= 4 is 5.97 Å². The van der Waals surface area contributed by atoms with Crippen molar-refractivity contribution in [1.82, 2.24) is 19.9 Å². The number of halogens is 1. The summed E-state index contributed by atoms with van der Waals surface area (Å²) in [5.41, 5.74) is 2.86. The summed E-state index contributed by atoms with van der Waals surface area (Å²) in [5.74, 6) is 0.109. The molecule has 27 heavy (non-hydrogen) atoms. The Hall–Kier alpha value is -3.03. The Kier molecular flexibility index (Phi) is 4.47. The van der Waals surface area contributed by atoms with Crippen LogP contribution >= 0.6 is 0 Å². The number of nitrogens with zero attached hydrogens (tertiary/aromatic N) is 4. The van der Waals surface area contributed by atoms with Gasteiger partial charge in [-0.05, 0) is 43.5 Å². The Morgan fingerprint density at radius 3 is 2.78 bits per heavy atom. The standard InChI is InChI=1S/C19H19FN4O3/c1-11(2)18-21-16(27-23-18)10-26-19(25)17-14-4-3-5-15(14)24(22-17)13-8-6-12(20)7-9-13/h6-9,11H,3-5,10H2,1-2H3. The Bertz CT molecular complexity index is 976. The maximum Gasteiger partial charge on any atom is 0.359 e. The van der Waals surface area contributed by atoms with Crippen molar-refractivity contribution in [3.8, 4) is 5.69 Å². The lowest BCUT2D eigenvalue weighted by molar-refractivity contribution is 0.0421. The van der Waals surface area contributed by atoms with Crippen molar-refractivity contribution < 1.29 is 18.4 Å². The van der Waals surface area contributed by atoms with Gasteiger partial charge in [0, 0.05) is 17.2 Å². The summed E-state index contributed by atoms with van der Waals surface area (Å²) in [6.07, 6.45) is 2.52. The van der Waals surface area contributed by atoms with Crippen molar-refractivity contribution in [1.29, 1.82) is 0 Å². The number of carbonyl (C=O) groups excluding carboxylic acids is 1. The summed E-state index contributed by atoms with van der Waals surface area (Å²) in [5, 5.41) is 8.28. The fraction of sp³-hybridized carbons (Fsp3) is 0.368. The second kappa shape index (κ2) is 6.94. The van der Waals surface area contributed by atoms with E-state index in [4.69, 9.17) is 9.26 Å². The van der Waals surface area contributed by atoms with Gasteiger partial charge in [0.15, 0.2) is 18.1 Å². The zero-order valence-corrected chi connectivity index (χ0v) is 15.1. The van der Waals surface area contributed by atoms with E-state index >= 15 is 0 Å². The van der Waals surface area contributed by atoms with Gasteiger partial charge in [-0.3, -0.25) is 0 Å². The molecule has 1 aliphatic carbocycles. The van der Waals surface area contributed by atoms with Gasteiger partial charge < -0.3 is 9.26 Å². The van der Waals surface area contributed by atoms with Gasteiger partial charge in [-0.25, -0.2) is 13.9 Å². The molecule has 4 rings (SSSR count). The van der Waals surface area contributed by atoms with E-state index in [9.17, 15) is 9.18 Å². The first-order valence-electron chi connectivity index (χ1n) is 8.89. The summed E-state index contributed by atoms with van der Waals surface area (Å²) < 4.78 is 25.3. The molecule has 0 aliphatic heterocycles. The van der Waals surface area contributed by atoms with Crippen LogP contribution in [0.3, 0.4) is 0 Å². The Morgan fingerprint density at radius 2 is 2.07 bits per heavy atom. The second-order valence-corrected chi connectivity index (χ2v) is 6.79. The van der Waals surface area contributed by atoms with Crippen molar-refractivity contribution in [3.63, 3.8) is 0 Å². The smallest absolute Gasteiger partial charge is 0.359 e. The predicted octanol–water partition coefficient (Wildman–Crippen LogP) is 3.36. The molecule has 2 heterocycles. The number of hydrogen-bond donors (Lipinski definition) is 0. The molecule has 0 N–H and O–H groups in total. The SMILES string of the molecule is CC(C)c1noc(COC(=O)c2nn(-c3ccc(F)cc3)c3c2CCC3)n1. The summed E-state index contributed by atoms with van der Waals surface area (Å²) in [6.45, 7) is 3.80. The van der Waals surface area contributed by atoms with Gasteiger partial charge >= 0.3 is 5.97 Å². The number of aromatic nitrogens is 4. The zero-order chi connectivity index (χ0) is 19.0. The van der Waals surface area contributed by atoms with E-state index in [0.29, 0.717) is 11.5 Å². The minimum atomic E-state index is -0.529. The van der Waals surface area contributed by atoms with E-state index in [-0.39, 0.29) is 29.9 Å². The minimum Gasteiger partial charge on any atom is -0.451 e. The number of hydrogen-bond acceptors (Lipinski definition) is 6. The first-order chi connectivity index (χ1) is 13.0. The molecule has 0 saturated carbocycles. The molecule has 7 nitrogen and oxygen atoms in total. The lowest BCUT2D eigenvalue weighted by atomic mass is 10.2. The molecule has 0 bridgehead atoms. The van der Waals surface area contributed by atoms with Crippen LogP contribution in [0.2, 0.25) is 0 Å². The molecule has 3 aromatic rings. The Balaban J connectivity index is 1.55. The van der Waals surface area contributed by atoms with Gasteiger partial charge in [-0.15, -0.1) is 0 Å². The van der Waals surface area contributed by atoms with E-state index in [1.807, 2.05) is 13.8 Å². The Labute approximate surface area is 155 Å². The maximum atomic E-state index is 13.2. The van der Waals surface area contributed by atoms with Crippen LogP contribution in [0.4, 0.5) is 4.39 Å². The zero-order valence-electron chi connectivity index (χ0n) is 15.1. The first kappa shape index (κ1) is 17.4. The van der Waals surface area contributed by atoms with Gasteiger partial charge in [0.2, 0.25) is 0 Å². The fourth-order valence-electron chi connectivity index (χ4n) is 3.15. The molecule has 140 valence electrons. The quantitative estimate of drug-likeness (QED) is 0.641. The van der Waals surface area contributed by atoms with Crippen molar-refractivity contribution in [3.05, 3.63) is 58.7 Å². The summed E-state index contributed by atoms with van der Waals surface area (Å²) >= 11 is 0. The van der Waals surface area contributed by atoms with E-state index < -0.39 is 5.97 Å². The number of ether oxygens (including phenoxy) is 1. The van der Waals surface area contributed by atoms with E-state index in [1.165, 1.54) is 12.1 Å². The van der Waals surface area contributed by atoms with E-state index in [2.05, 4.69) is 15.2 Å². The molecule has 0 saturated heterocycles. The van der Waals surface area contributed by atoms with Gasteiger partial charge in [0.1, 0.15) is 5.82 Å². The van der Waals surface area contributed by atoms with Crippen LogP contribution in [-0.4, -0.2) is 25.9 Å². The predicted molar refractivity (Wildman–Crippen MR) is 93.1 cm³/mol. The highest BCUT2D eigenvalue weighted by atomic mass is 19.1. The number of fused-ring (bicyclic) bond motifs is 1. The maximum absolute atomic E-state index is 13.2. The fourth-order valence-corrected chi connectivity index (χ4v) is 3.15. The van der Waals surface area contributed by atoms with Crippen LogP contribution in [0.25, 0.3) is 5.69 Å².